The molecule has 1 aromatic heterocycles. The van der Waals surface area contributed by atoms with Gasteiger partial charge in [-0.1, -0.05) is 6.92 Å². The second-order valence-electron chi connectivity index (χ2n) is 3.78. The minimum atomic E-state index is 0.341. The van der Waals surface area contributed by atoms with Gasteiger partial charge >= 0.3 is 0 Å². The van der Waals surface area contributed by atoms with E-state index in [0.29, 0.717) is 11.8 Å². The number of amidine groups is 1. The van der Waals surface area contributed by atoms with Gasteiger partial charge in [-0.25, -0.2) is 0 Å². The number of hydrogen-bond donors (Lipinski definition) is 1. The van der Waals surface area contributed by atoms with E-state index in [2.05, 4.69) is 38.0 Å². The second-order valence-corrected chi connectivity index (χ2v) is 4.69. The summed E-state index contributed by atoms with van der Waals surface area (Å²) in [6, 6.07) is 2.01. The van der Waals surface area contributed by atoms with E-state index in [-0.39, 0.29) is 0 Å². The SMILES string of the molecule is CCC1CC(N)=NN=C1c1cncc(Br)c1. The molecule has 0 aromatic carbocycles. The van der Waals surface area contributed by atoms with E-state index in [1.165, 1.54) is 0 Å². The van der Waals surface area contributed by atoms with E-state index in [0.717, 1.165) is 28.6 Å². The van der Waals surface area contributed by atoms with Crippen LogP contribution in [0.25, 0.3) is 0 Å². The standard InChI is InChI=1S/C11H13BrN4/c1-2-7-4-10(13)15-16-11(7)8-3-9(12)6-14-5-8/h3,5-7H,2,4H2,1H3,(H2,13,15). The van der Waals surface area contributed by atoms with Crippen LogP contribution in [0.15, 0.2) is 33.1 Å². The molecule has 0 amide bonds. The van der Waals surface area contributed by atoms with Gasteiger partial charge in [0.05, 0.1) is 5.71 Å². The molecular weight excluding hydrogens is 268 g/mol. The summed E-state index contributed by atoms with van der Waals surface area (Å²) in [6.07, 6.45) is 5.35. The van der Waals surface area contributed by atoms with E-state index in [1.807, 2.05) is 12.3 Å². The molecule has 0 saturated heterocycles. The normalized spacial score (nSPS) is 20.2. The predicted octanol–water partition coefficient (Wildman–Crippen LogP) is 2.34. The molecule has 0 radical (unpaired) electrons. The largest absolute Gasteiger partial charge is 0.386 e. The summed E-state index contributed by atoms with van der Waals surface area (Å²) in [6.45, 7) is 2.13. The summed E-state index contributed by atoms with van der Waals surface area (Å²) in [5, 5.41) is 8.15. The minimum Gasteiger partial charge on any atom is -0.386 e. The van der Waals surface area contributed by atoms with Crippen LogP contribution >= 0.6 is 15.9 Å². The van der Waals surface area contributed by atoms with Crippen LogP contribution in [0.5, 0.6) is 0 Å². The molecule has 4 nitrogen and oxygen atoms in total. The Morgan fingerprint density at radius 3 is 2.94 bits per heavy atom. The predicted molar refractivity (Wildman–Crippen MR) is 68.5 cm³/mol. The van der Waals surface area contributed by atoms with E-state index < -0.39 is 0 Å². The Hall–Kier alpha value is -1.23. The zero-order valence-electron chi connectivity index (χ0n) is 9.02. The van der Waals surface area contributed by atoms with Gasteiger partial charge in [-0.05, 0) is 28.4 Å². The highest BCUT2D eigenvalue weighted by molar-refractivity contribution is 9.10. The number of pyridine rings is 1. The van der Waals surface area contributed by atoms with Crippen LogP contribution in [0.4, 0.5) is 0 Å². The van der Waals surface area contributed by atoms with Gasteiger partial charge in [0, 0.05) is 34.8 Å². The van der Waals surface area contributed by atoms with Crippen LogP contribution in [-0.4, -0.2) is 16.5 Å². The molecule has 2 heterocycles. The van der Waals surface area contributed by atoms with Gasteiger partial charge in [0.25, 0.3) is 0 Å². The Balaban J connectivity index is 2.38. The zero-order chi connectivity index (χ0) is 11.5. The van der Waals surface area contributed by atoms with Crippen LogP contribution in [0.3, 0.4) is 0 Å². The van der Waals surface area contributed by atoms with Crippen LogP contribution < -0.4 is 5.73 Å². The molecule has 0 aliphatic carbocycles. The Morgan fingerprint density at radius 2 is 2.25 bits per heavy atom. The van der Waals surface area contributed by atoms with Crippen LogP contribution in [0.2, 0.25) is 0 Å². The van der Waals surface area contributed by atoms with Crippen molar-refractivity contribution in [1.29, 1.82) is 0 Å². The number of nitrogens with zero attached hydrogens (tertiary/aromatic N) is 3. The van der Waals surface area contributed by atoms with Gasteiger partial charge in [0.1, 0.15) is 5.84 Å². The number of nitrogens with two attached hydrogens (primary N) is 1. The molecule has 1 aliphatic rings. The van der Waals surface area contributed by atoms with Crippen molar-refractivity contribution < 1.29 is 0 Å². The first-order valence-electron chi connectivity index (χ1n) is 5.21. The Bertz CT molecular complexity index is 453. The van der Waals surface area contributed by atoms with E-state index in [9.17, 15) is 0 Å². The summed E-state index contributed by atoms with van der Waals surface area (Å²) in [7, 11) is 0. The van der Waals surface area contributed by atoms with Crippen molar-refractivity contribution in [2.45, 2.75) is 19.8 Å². The third-order valence-electron chi connectivity index (χ3n) is 2.62. The molecule has 2 N–H and O–H groups in total. The number of rotatable bonds is 2. The molecule has 2 rings (SSSR count). The van der Waals surface area contributed by atoms with Gasteiger partial charge in [-0.2, -0.15) is 5.10 Å². The lowest BCUT2D eigenvalue weighted by Gasteiger charge is -2.19. The van der Waals surface area contributed by atoms with Gasteiger partial charge in [-0.15, -0.1) is 5.10 Å². The van der Waals surface area contributed by atoms with Crippen molar-refractivity contribution in [2.75, 3.05) is 0 Å². The highest BCUT2D eigenvalue weighted by atomic mass is 79.9. The van der Waals surface area contributed by atoms with Crippen molar-refractivity contribution >= 4 is 27.5 Å². The lowest BCUT2D eigenvalue weighted by molar-refractivity contribution is 0.676. The quantitative estimate of drug-likeness (QED) is 0.904. The molecule has 1 aliphatic heterocycles. The van der Waals surface area contributed by atoms with Crippen LogP contribution in [-0.2, 0) is 0 Å². The fraction of sp³-hybridized carbons (Fsp3) is 0.364. The van der Waals surface area contributed by atoms with Crippen LogP contribution in [0, 0.1) is 5.92 Å². The first kappa shape index (κ1) is 11.3. The highest BCUT2D eigenvalue weighted by Crippen LogP contribution is 2.21. The molecule has 0 saturated carbocycles. The maximum absolute atomic E-state index is 5.69. The van der Waals surface area contributed by atoms with Crippen LogP contribution in [0.1, 0.15) is 25.3 Å². The smallest absolute Gasteiger partial charge is 0.123 e. The average Bonchev–Trinajstić information content (AvgIpc) is 2.28. The second kappa shape index (κ2) is 4.74. The third-order valence-corrected chi connectivity index (χ3v) is 3.06. The zero-order valence-corrected chi connectivity index (χ0v) is 10.6. The molecule has 0 bridgehead atoms. The molecule has 1 aromatic rings. The van der Waals surface area contributed by atoms with E-state index in [4.69, 9.17) is 5.73 Å². The number of aromatic nitrogens is 1. The van der Waals surface area contributed by atoms with E-state index in [1.54, 1.807) is 6.20 Å². The molecule has 1 unspecified atom stereocenters. The number of halogens is 1. The Labute approximate surface area is 103 Å². The lowest BCUT2D eigenvalue weighted by atomic mass is 9.91. The first-order valence-corrected chi connectivity index (χ1v) is 6.00. The molecular formula is C11H13BrN4. The fourth-order valence-corrected chi connectivity index (χ4v) is 2.14. The highest BCUT2D eigenvalue weighted by Gasteiger charge is 2.21. The summed E-state index contributed by atoms with van der Waals surface area (Å²) >= 11 is 3.40. The number of hydrogen-bond acceptors (Lipinski definition) is 4. The molecule has 0 fully saturated rings. The summed E-state index contributed by atoms with van der Waals surface area (Å²) < 4.78 is 0.949. The average molecular weight is 281 g/mol. The first-order chi connectivity index (χ1) is 7.70. The van der Waals surface area contributed by atoms with Gasteiger partial charge in [0.15, 0.2) is 0 Å². The van der Waals surface area contributed by atoms with Crippen molar-refractivity contribution in [2.24, 2.45) is 21.9 Å². The van der Waals surface area contributed by atoms with E-state index >= 15 is 0 Å². The molecule has 5 heteroatoms. The maximum Gasteiger partial charge on any atom is 0.123 e. The topological polar surface area (TPSA) is 63.6 Å². The molecule has 0 spiro atoms. The fourth-order valence-electron chi connectivity index (χ4n) is 1.77. The summed E-state index contributed by atoms with van der Waals surface area (Å²) in [5.41, 5.74) is 7.68. The maximum atomic E-state index is 5.69. The Morgan fingerprint density at radius 1 is 1.44 bits per heavy atom. The molecule has 16 heavy (non-hydrogen) atoms. The Kier molecular flexibility index (Phi) is 3.33. The minimum absolute atomic E-state index is 0.341. The molecule has 84 valence electrons. The van der Waals surface area contributed by atoms with Gasteiger partial charge in [0.2, 0.25) is 0 Å². The monoisotopic (exact) mass is 280 g/mol. The van der Waals surface area contributed by atoms with Crippen molar-refractivity contribution in [3.8, 4) is 0 Å². The molecule has 1 atom stereocenters. The van der Waals surface area contributed by atoms with Gasteiger partial charge in [-0.3, -0.25) is 4.98 Å². The van der Waals surface area contributed by atoms with Crippen molar-refractivity contribution in [3.05, 3.63) is 28.5 Å². The summed E-state index contributed by atoms with van der Waals surface area (Å²) in [4.78, 5) is 4.14. The lowest BCUT2D eigenvalue weighted by Crippen LogP contribution is -2.26. The van der Waals surface area contributed by atoms with Crippen molar-refractivity contribution in [1.82, 2.24) is 4.98 Å². The summed E-state index contributed by atoms with van der Waals surface area (Å²) in [5.74, 6) is 0.951. The van der Waals surface area contributed by atoms with Gasteiger partial charge < -0.3 is 5.73 Å². The third kappa shape index (κ3) is 2.29. The van der Waals surface area contributed by atoms with Crippen molar-refractivity contribution in [3.63, 3.8) is 0 Å².